The van der Waals surface area contributed by atoms with Gasteiger partial charge in [0.25, 0.3) is 5.91 Å². The van der Waals surface area contributed by atoms with Gasteiger partial charge in [0.1, 0.15) is 11.5 Å². The normalized spacial score (nSPS) is 12.2. The molecule has 6 heteroatoms. The van der Waals surface area contributed by atoms with Crippen LogP contribution in [0, 0.1) is 11.8 Å². The van der Waals surface area contributed by atoms with Crippen LogP contribution in [-0.2, 0) is 4.79 Å². The van der Waals surface area contributed by atoms with Gasteiger partial charge in [-0.3, -0.25) is 9.59 Å². The van der Waals surface area contributed by atoms with Crippen molar-refractivity contribution in [3.63, 3.8) is 0 Å². The highest BCUT2D eigenvalue weighted by Crippen LogP contribution is 2.22. The SMILES string of the molecule is CC(C)C(CNC(=O)c1ccc(O)cc1O)C(=O)O. The third-order valence-electron chi connectivity index (χ3n) is 2.83. The van der Waals surface area contributed by atoms with E-state index >= 15 is 0 Å². The molecule has 0 heterocycles. The van der Waals surface area contributed by atoms with Crippen molar-refractivity contribution in [3.8, 4) is 11.5 Å². The van der Waals surface area contributed by atoms with Gasteiger partial charge >= 0.3 is 5.97 Å². The largest absolute Gasteiger partial charge is 0.508 e. The van der Waals surface area contributed by atoms with Crippen LogP contribution in [0.1, 0.15) is 24.2 Å². The molecule has 1 unspecified atom stereocenters. The molecule has 0 saturated heterocycles. The molecule has 0 spiro atoms. The van der Waals surface area contributed by atoms with E-state index in [1.807, 2.05) is 0 Å². The lowest BCUT2D eigenvalue weighted by Gasteiger charge is -2.16. The molecule has 1 amide bonds. The monoisotopic (exact) mass is 267 g/mol. The smallest absolute Gasteiger partial charge is 0.308 e. The van der Waals surface area contributed by atoms with Crippen LogP contribution < -0.4 is 5.32 Å². The Kier molecular flexibility index (Phi) is 4.74. The Hall–Kier alpha value is -2.24. The second-order valence-corrected chi connectivity index (χ2v) is 4.60. The molecule has 1 rings (SSSR count). The van der Waals surface area contributed by atoms with E-state index in [-0.39, 0.29) is 29.5 Å². The third kappa shape index (κ3) is 3.87. The van der Waals surface area contributed by atoms with Gasteiger partial charge in [0, 0.05) is 12.6 Å². The van der Waals surface area contributed by atoms with Crippen molar-refractivity contribution in [2.75, 3.05) is 6.54 Å². The fraction of sp³-hybridized carbons (Fsp3) is 0.385. The van der Waals surface area contributed by atoms with E-state index in [0.29, 0.717) is 0 Å². The molecule has 0 saturated carbocycles. The number of amides is 1. The highest BCUT2D eigenvalue weighted by Gasteiger charge is 2.22. The second kappa shape index (κ2) is 6.08. The molecule has 0 aromatic heterocycles. The van der Waals surface area contributed by atoms with E-state index < -0.39 is 17.8 Å². The van der Waals surface area contributed by atoms with Gasteiger partial charge < -0.3 is 20.6 Å². The summed E-state index contributed by atoms with van der Waals surface area (Å²) < 4.78 is 0. The second-order valence-electron chi connectivity index (χ2n) is 4.60. The van der Waals surface area contributed by atoms with Crippen LogP contribution >= 0.6 is 0 Å². The number of carbonyl (C=O) groups excluding carboxylic acids is 1. The fourth-order valence-electron chi connectivity index (χ4n) is 1.62. The van der Waals surface area contributed by atoms with Gasteiger partial charge in [-0.2, -0.15) is 0 Å². The number of phenolic OH excluding ortho intramolecular Hbond substituents is 2. The van der Waals surface area contributed by atoms with Crippen molar-refractivity contribution in [1.82, 2.24) is 5.32 Å². The summed E-state index contributed by atoms with van der Waals surface area (Å²) in [7, 11) is 0. The summed E-state index contributed by atoms with van der Waals surface area (Å²) in [6.45, 7) is 3.48. The molecular formula is C13H17NO5. The molecule has 19 heavy (non-hydrogen) atoms. The summed E-state index contributed by atoms with van der Waals surface area (Å²) in [5.74, 6) is -2.88. The number of carboxylic acid groups (broad SMARTS) is 1. The maximum Gasteiger partial charge on any atom is 0.308 e. The number of carbonyl (C=O) groups is 2. The van der Waals surface area contributed by atoms with Crippen LogP contribution in [0.2, 0.25) is 0 Å². The summed E-state index contributed by atoms with van der Waals surface area (Å²) in [6, 6.07) is 3.59. The molecule has 0 fully saturated rings. The molecule has 104 valence electrons. The summed E-state index contributed by atoms with van der Waals surface area (Å²) in [6.07, 6.45) is 0. The quantitative estimate of drug-likeness (QED) is 0.641. The first-order chi connectivity index (χ1) is 8.82. The van der Waals surface area contributed by atoms with Crippen molar-refractivity contribution in [2.45, 2.75) is 13.8 Å². The predicted molar refractivity (Wildman–Crippen MR) is 68.1 cm³/mol. The Bertz CT molecular complexity index is 484. The summed E-state index contributed by atoms with van der Waals surface area (Å²) >= 11 is 0. The minimum Gasteiger partial charge on any atom is -0.508 e. The number of rotatable bonds is 5. The topological polar surface area (TPSA) is 107 Å². The number of hydrogen-bond donors (Lipinski definition) is 4. The Morgan fingerprint density at radius 1 is 1.26 bits per heavy atom. The van der Waals surface area contributed by atoms with E-state index in [2.05, 4.69) is 5.32 Å². The third-order valence-corrected chi connectivity index (χ3v) is 2.83. The van der Waals surface area contributed by atoms with Crippen molar-refractivity contribution >= 4 is 11.9 Å². The molecule has 1 aromatic rings. The highest BCUT2D eigenvalue weighted by atomic mass is 16.4. The van der Waals surface area contributed by atoms with Gasteiger partial charge in [0.05, 0.1) is 11.5 Å². The molecule has 0 aliphatic heterocycles. The first-order valence-corrected chi connectivity index (χ1v) is 5.86. The minimum atomic E-state index is -0.981. The lowest BCUT2D eigenvalue weighted by molar-refractivity contribution is -0.142. The fourth-order valence-corrected chi connectivity index (χ4v) is 1.62. The standard InChI is InChI=1S/C13H17NO5/c1-7(2)10(13(18)19)6-14-12(17)9-4-3-8(15)5-11(9)16/h3-5,7,10,15-16H,6H2,1-2H3,(H,14,17)(H,18,19). The summed E-state index contributed by atoms with van der Waals surface area (Å²) in [5.41, 5.74) is -0.00862. The predicted octanol–water partition coefficient (Wildman–Crippen LogP) is 1.18. The van der Waals surface area contributed by atoms with Crippen molar-refractivity contribution in [3.05, 3.63) is 23.8 Å². The average Bonchev–Trinajstić information content (AvgIpc) is 2.27. The molecule has 1 aromatic carbocycles. The first-order valence-electron chi connectivity index (χ1n) is 5.86. The van der Waals surface area contributed by atoms with E-state index in [0.717, 1.165) is 6.07 Å². The van der Waals surface area contributed by atoms with Gasteiger partial charge in [-0.15, -0.1) is 0 Å². The maximum absolute atomic E-state index is 11.8. The van der Waals surface area contributed by atoms with E-state index in [9.17, 15) is 14.7 Å². The maximum atomic E-state index is 11.8. The Labute approximate surface area is 110 Å². The Morgan fingerprint density at radius 3 is 2.37 bits per heavy atom. The number of phenols is 2. The molecule has 0 radical (unpaired) electrons. The lowest BCUT2D eigenvalue weighted by Crippen LogP contribution is -2.35. The number of aliphatic carboxylic acids is 1. The van der Waals surface area contributed by atoms with Gasteiger partial charge in [0.2, 0.25) is 0 Å². The van der Waals surface area contributed by atoms with Crippen LogP contribution in [0.25, 0.3) is 0 Å². The zero-order valence-electron chi connectivity index (χ0n) is 10.8. The molecular weight excluding hydrogens is 250 g/mol. The number of nitrogens with one attached hydrogen (secondary N) is 1. The van der Waals surface area contributed by atoms with Gasteiger partial charge in [-0.25, -0.2) is 0 Å². The molecule has 0 aliphatic carbocycles. The Balaban J connectivity index is 2.72. The molecule has 0 aliphatic rings. The minimum absolute atomic E-state index is 0.00862. The van der Waals surface area contributed by atoms with E-state index in [1.54, 1.807) is 13.8 Å². The summed E-state index contributed by atoms with van der Waals surface area (Å²) in [5, 5.41) is 30.1. The van der Waals surface area contributed by atoms with E-state index in [1.165, 1.54) is 12.1 Å². The van der Waals surface area contributed by atoms with Crippen LogP contribution in [0.15, 0.2) is 18.2 Å². The zero-order chi connectivity index (χ0) is 14.6. The number of benzene rings is 1. The van der Waals surface area contributed by atoms with Crippen LogP contribution in [0.5, 0.6) is 11.5 Å². The number of aromatic hydroxyl groups is 2. The number of hydrogen-bond acceptors (Lipinski definition) is 4. The highest BCUT2D eigenvalue weighted by molar-refractivity contribution is 5.97. The van der Waals surface area contributed by atoms with Crippen molar-refractivity contribution in [1.29, 1.82) is 0 Å². The first kappa shape index (κ1) is 14.8. The molecule has 4 N–H and O–H groups in total. The molecule has 1 atom stereocenters. The van der Waals surface area contributed by atoms with Gasteiger partial charge in [-0.05, 0) is 18.1 Å². The Morgan fingerprint density at radius 2 is 1.89 bits per heavy atom. The lowest BCUT2D eigenvalue weighted by atomic mass is 9.96. The van der Waals surface area contributed by atoms with Gasteiger partial charge in [0.15, 0.2) is 0 Å². The average molecular weight is 267 g/mol. The number of carboxylic acids is 1. The van der Waals surface area contributed by atoms with Crippen molar-refractivity contribution < 1.29 is 24.9 Å². The van der Waals surface area contributed by atoms with Crippen LogP contribution in [0.3, 0.4) is 0 Å². The zero-order valence-corrected chi connectivity index (χ0v) is 10.8. The van der Waals surface area contributed by atoms with Gasteiger partial charge in [-0.1, -0.05) is 13.8 Å². The molecule has 6 nitrogen and oxygen atoms in total. The van der Waals surface area contributed by atoms with Crippen LogP contribution in [-0.4, -0.2) is 33.7 Å². The van der Waals surface area contributed by atoms with Crippen molar-refractivity contribution in [2.24, 2.45) is 11.8 Å². The van der Waals surface area contributed by atoms with Crippen LogP contribution in [0.4, 0.5) is 0 Å². The summed E-state index contributed by atoms with van der Waals surface area (Å²) in [4.78, 5) is 22.7. The molecule has 0 bridgehead atoms. The van der Waals surface area contributed by atoms with E-state index in [4.69, 9.17) is 10.2 Å².